The summed E-state index contributed by atoms with van der Waals surface area (Å²) in [5, 5.41) is 8.70. The first-order valence-electron chi connectivity index (χ1n) is 23.7. The molecule has 4 aromatic carbocycles. The highest BCUT2D eigenvalue weighted by Gasteiger charge is 2.46. The van der Waals surface area contributed by atoms with Crippen LogP contribution in [0.5, 0.6) is 5.75 Å². The van der Waals surface area contributed by atoms with Crippen LogP contribution >= 0.6 is 0 Å². The second kappa shape index (κ2) is 22.2. The van der Waals surface area contributed by atoms with Gasteiger partial charge in [0.1, 0.15) is 36.1 Å². The number of methoxy groups -OCH3 is 1. The van der Waals surface area contributed by atoms with Crippen LogP contribution in [0.3, 0.4) is 0 Å². The summed E-state index contributed by atoms with van der Waals surface area (Å²) in [4.78, 5) is 71.2. The molecular weight excluding hydrogens is 865 g/mol. The number of rotatable bonds is 18. The number of fused-ring (bicyclic) bond motifs is 3. The Morgan fingerprint density at radius 1 is 0.794 bits per heavy atom. The maximum atomic E-state index is 14.7. The van der Waals surface area contributed by atoms with Gasteiger partial charge >= 0.3 is 12.1 Å². The summed E-state index contributed by atoms with van der Waals surface area (Å²) in [6.45, 7) is 9.38. The van der Waals surface area contributed by atoms with Gasteiger partial charge in [0, 0.05) is 25.4 Å². The fourth-order valence-electron chi connectivity index (χ4n) is 9.49. The number of carbonyl (C=O) groups is 5. The van der Waals surface area contributed by atoms with Crippen LogP contribution in [-0.2, 0) is 51.2 Å². The van der Waals surface area contributed by atoms with Crippen LogP contribution in [0.25, 0.3) is 11.1 Å². The van der Waals surface area contributed by atoms with Gasteiger partial charge in [-0.1, -0.05) is 105 Å². The van der Waals surface area contributed by atoms with E-state index in [-0.39, 0.29) is 56.0 Å². The molecule has 68 heavy (non-hydrogen) atoms. The lowest BCUT2D eigenvalue weighted by Gasteiger charge is -2.31. The summed E-state index contributed by atoms with van der Waals surface area (Å²) in [5.74, 6) is -1.44. The van der Waals surface area contributed by atoms with Crippen molar-refractivity contribution in [3.63, 3.8) is 0 Å². The van der Waals surface area contributed by atoms with Crippen molar-refractivity contribution in [1.29, 1.82) is 0 Å². The van der Waals surface area contributed by atoms with Crippen molar-refractivity contribution in [2.45, 2.75) is 121 Å². The zero-order valence-corrected chi connectivity index (χ0v) is 40.2. The Morgan fingerprint density at radius 2 is 1.44 bits per heavy atom. The van der Waals surface area contributed by atoms with Crippen molar-refractivity contribution < 1.29 is 47.7 Å². The van der Waals surface area contributed by atoms with Crippen LogP contribution in [0.1, 0.15) is 88.5 Å². The van der Waals surface area contributed by atoms with Crippen LogP contribution in [0.4, 0.5) is 4.79 Å². The lowest BCUT2D eigenvalue weighted by atomic mass is 9.98. The molecule has 0 unspecified atom stereocenters. The van der Waals surface area contributed by atoms with Gasteiger partial charge in [-0.05, 0) is 97.9 Å². The first-order chi connectivity index (χ1) is 32.6. The van der Waals surface area contributed by atoms with Gasteiger partial charge < -0.3 is 44.5 Å². The zero-order valence-electron chi connectivity index (χ0n) is 40.2. The molecule has 1 saturated carbocycles. The molecule has 0 radical (unpaired) electrons. The van der Waals surface area contributed by atoms with E-state index in [2.05, 4.69) is 40.2 Å². The molecule has 1 saturated heterocycles. The zero-order chi connectivity index (χ0) is 48.5. The predicted molar refractivity (Wildman–Crippen MR) is 257 cm³/mol. The van der Waals surface area contributed by atoms with Gasteiger partial charge in [0.15, 0.2) is 6.10 Å². The third kappa shape index (κ3) is 12.4. The number of likely N-dealkylation sites (N-methyl/N-ethyl adjacent to an activating group) is 1. The number of esters is 1. The van der Waals surface area contributed by atoms with Gasteiger partial charge in [0.25, 0.3) is 5.91 Å². The van der Waals surface area contributed by atoms with E-state index in [0.29, 0.717) is 31.4 Å². The van der Waals surface area contributed by atoms with Gasteiger partial charge in [-0.25, -0.2) is 4.79 Å². The fraction of sp³-hybridized carbons (Fsp3) is 0.463. The van der Waals surface area contributed by atoms with Gasteiger partial charge in [-0.2, -0.15) is 0 Å². The molecule has 7 atom stereocenters. The smallest absolute Gasteiger partial charge is 0.408 e. The summed E-state index contributed by atoms with van der Waals surface area (Å²) in [6, 6.07) is 30.1. The lowest BCUT2D eigenvalue weighted by Crippen LogP contribution is -2.57. The van der Waals surface area contributed by atoms with Crippen molar-refractivity contribution in [3.05, 3.63) is 125 Å². The van der Waals surface area contributed by atoms with Crippen molar-refractivity contribution >= 4 is 29.8 Å². The quantitative estimate of drug-likeness (QED) is 0.0874. The Labute approximate surface area is 399 Å². The Bertz CT molecular complexity index is 2340. The molecular formula is C54H66N4O10. The van der Waals surface area contributed by atoms with Crippen LogP contribution in [-0.4, -0.2) is 104 Å². The van der Waals surface area contributed by atoms with Crippen LogP contribution < -0.4 is 20.7 Å². The normalized spacial score (nSPS) is 20.7. The highest BCUT2D eigenvalue weighted by molar-refractivity contribution is 5.91. The molecule has 0 spiro atoms. The van der Waals surface area contributed by atoms with Crippen molar-refractivity contribution in [1.82, 2.24) is 20.9 Å². The van der Waals surface area contributed by atoms with E-state index in [1.807, 2.05) is 80.6 Å². The van der Waals surface area contributed by atoms with Gasteiger partial charge in [0.2, 0.25) is 11.8 Å². The van der Waals surface area contributed by atoms with Gasteiger partial charge in [-0.3, -0.25) is 19.2 Å². The Morgan fingerprint density at radius 3 is 2.07 bits per heavy atom. The molecule has 2 fully saturated rings. The Balaban J connectivity index is 1.04. The van der Waals surface area contributed by atoms with Crippen LogP contribution in [0, 0.1) is 11.8 Å². The minimum Gasteiger partial charge on any atom is -0.497 e. The molecule has 3 aliphatic rings. The number of nitrogens with one attached hydrogen (secondary N) is 3. The maximum absolute atomic E-state index is 14.7. The average Bonchev–Trinajstić information content (AvgIpc) is 4.05. The van der Waals surface area contributed by atoms with E-state index < -0.39 is 59.8 Å². The minimum absolute atomic E-state index is 0.0468. The summed E-state index contributed by atoms with van der Waals surface area (Å²) < 4.78 is 29.4. The number of nitrogens with zero attached hydrogens (tertiary/aromatic N) is 1. The molecule has 1 aliphatic heterocycles. The SMILES string of the molecule is COc1ccc(C[C@@H](NC(=O)[C@@H]2OC[C@H](NC(=O)[C@@H](CC(C)C)NC(=O)OC(C)(C)C)[C@H]2OCc2ccccc2)C(=O)N(C)[C@H]2CC[C@@H](C(=O)OCC3c4ccccc4-c4ccccc43)C2)cc1. The molecule has 0 aromatic heterocycles. The van der Waals surface area contributed by atoms with Crippen molar-refractivity contribution in [2.75, 3.05) is 27.4 Å². The standard InChI is InChI=1S/C54H66N4O10/c1-33(2)27-44(57-53(63)68-54(3,4)5)49(59)56-46-32-66-48(47(46)65-30-35-15-9-8-10-16-35)50(60)55-45(28-34-21-25-38(64-7)26-22-34)51(61)58(6)37-24-23-36(29-37)52(62)67-31-43-41-19-13-11-17-39(41)40-18-12-14-20-42(40)43/h8-22,25-26,33,36-37,43-48H,23-24,27-32H2,1-7H3,(H,55,60)(H,56,59)(H,57,63)/t36-,37+,44-,45-,46+,47-,48-/m1/s1. The van der Waals surface area contributed by atoms with Crippen LogP contribution in [0.15, 0.2) is 103 Å². The van der Waals surface area contributed by atoms with E-state index in [1.165, 1.54) is 0 Å². The van der Waals surface area contributed by atoms with E-state index >= 15 is 0 Å². The summed E-state index contributed by atoms with van der Waals surface area (Å²) in [6.07, 6.45) is -0.865. The number of benzene rings is 4. The number of ether oxygens (including phenoxy) is 5. The number of alkyl carbamates (subject to hydrolysis) is 1. The molecule has 14 heteroatoms. The molecule has 4 aromatic rings. The van der Waals surface area contributed by atoms with Crippen molar-refractivity contribution in [3.8, 4) is 16.9 Å². The van der Waals surface area contributed by atoms with Crippen LogP contribution in [0.2, 0.25) is 0 Å². The predicted octanol–water partition coefficient (Wildman–Crippen LogP) is 7.11. The molecule has 3 N–H and O–H groups in total. The molecule has 2 aliphatic carbocycles. The lowest BCUT2D eigenvalue weighted by molar-refractivity contribution is -0.149. The molecule has 4 amide bonds. The number of hydrogen-bond donors (Lipinski definition) is 3. The van der Waals surface area contributed by atoms with Crippen molar-refractivity contribution in [2.24, 2.45) is 11.8 Å². The molecule has 0 bridgehead atoms. The summed E-state index contributed by atoms with van der Waals surface area (Å²) >= 11 is 0. The largest absolute Gasteiger partial charge is 0.497 e. The van der Waals surface area contributed by atoms with E-state index in [9.17, 15) is 24.0 Å². The third-order valence-corrected chi connectivity index (χ3v) is 12.9. The second-order valence-corrected chi connectivity index (χ2v) is 19.5. The highest BCUT2D eigenvalue weighted by Crippen LogP contribution is 2.45. The topological polar surface area (TPSA) is 171 Å². The molecule has 1 heterocycles. The Kier molecular flexibility index (Phi) is 16.2. The number of carbonyl (C=O) groups excluding carboxylic acids is 5. The monoisotopic (exact) mass is 930 g/mol. The molecule has 7 rings (SSSR count). The van der Waals surface area contributed by atoms with Gasteiger partial charge in [0.05, 0.1) is 32.3 Å². The number of amides is 4. The Hall–Kier alpha value is -6.25. The highest BCUT2D eigenvalue weighted by atomic mass is 16.6. The third-order valence-electron chi connectivity index (χ3n) is 12.9. The first kappa shape index (κ1) is 49.6. The summed E-state index contributed by atoms with van der Waals surface area (Å²) in [5.41, 5.74) is 5.44. The second-order valence-electron chi connectivity index (χ2n) is 19.5. The molecule has 362 valence electrons. The minimum atomic E-state index is -1.22. The van der Waals surface area contributed by atoms with Gasteiger partial charge in [-0.15, -0.1) is 0 Å². The fourth-order valence-corrected chi connectivity index (χ4v) is 9.49. The van der Waals surface area contributed by atoms with E-state index in [1.54, 1.807) is 52.0 Å². The number of hydrogen-bond acceptors (Lipinski definition) is 10. The average molecular weight is 931 g/mol. The summed E-state index contributed by atoms with van der Waals surface area (Å²) in [7, 11) is 3.28. The molecule has 14 nitrogen and oxygen atoms in total. The van der Waals surface area contributed by atoms with E-state index in [4.69, 9.17) is 23.7 Å². The maximum Gasteiger partial charge on any atom is 0.408 e. The van der Waals surface area contributed by atoms with E-state index in [0.717, 1.165) is 33.4 Å². The first-order valence-corrected chi connectivity index (χ1v) is 23.7.